The Balaban J connectivity index is 0.789. The van der Waals surface area contributed by atoms with Gasteiger partial charge in [0.2, 0.25) is 0 Å². The summed E-state index contributed by atoms with van der Waals surface area (Å²) < 4.78 is 26.0. The molecule has 2 aromatic carbocycles. The molecule has 63 heavy (non-hydrogen) atoms. The highest BCUT2D eigenvalue weighted by atomic mass is 16.7. The van der Waals surface area contributed by atoms with Gasteiger partial charge in [-0.15, -0.1) is 0 Å². The van der Waals surface area contributed by atoms with Crippen LogP contribution in [0.15, 0.2) is 91.3 Å². The van der Waals surface area contributed by atoms with Crippen molar-refractivity contribution in [2.24, 2.45) is 0 Å². The molecule has 4 aromatic rings. The van der Waals surface area contributed by atoms with Crippen molar-refractivity contribution in [2.75, 3.05) is 39.5 Å². The van der Waals surface area contributed by atoms with Crippen molar-refractivity contribution in [3.63, 3.8) is 0 Å². The van der Waals surface area contributed by atoms with Gasteiger partial charge in [-0.3, -0.25) is 14.8 Å². The van der Waals surface area contributed by atoms with Gasteiger partial charge in [0.25, 0.3) is 0 Å². The van der Waals surface area contributed by atoms with E-state index in [4.69, 9.17) is 28.9 Å². The molecule has 3 saturated heterocycles. The standard InChI is InChI=1S/C54H66N4O5/c59-47-16-15-45(55-29-23-50(48-11-3-7-27-57-48)25-31-60-52(37-50)19-5-6-20-52)43-35-39(13-14-41(43)47)40-17-21-53(36-40)38-51(26-32-61-53,49-12-4-8-28-58-49)24-30-56-46-18-22-54(62-33-34-63-54)44-10-2-1-9-42(44)46/h1-4,7-14,27-28,35,40,45-46,55-56H,5-6,15-26,29-34,36-38H2/t40?,45-,46-,50+,51+,53?/m0/s1. The molecule has 9 heteroatoms. The number of carbonyl (C=O) groups excluding carboxylic acids is 1. The first kappa shape index (κ1) is 41.8. The van der Waals surface area contributed by atoms with Crippen LogP contribution in [0.4, 0.5) is 0 Å². The Labute approximate surface area is 373 Å². The maximum atomic E-state index is 13.4. The van der Waals surface area contributed by atoms with Crippen LogP contribution in [-0.4, -0.2) is 66.5 Å². The highest BCUT2D eigenvalue weighted by Gasteiger charge is 2.52. The van der Waals surface area contributed by atoms with E-state index in [-0.39, 0.29) is 39.9 Å². The first-order valence-corrected chi connectivity index (χ1v) is 24.5. The third kappa shape index (κ3) is 7.93. The third-order valence-corrected chi connectivity index (χ3v) is 16.9. The van der Waals surface area contributed by atoms with Crippen molar-refractivity contribution >= 4 is 5.78 Å². The lowest BCUT2D eigenvalue weighted by Crippen LogP contribution is -2.48. The van der Waals surface area contributed by atoms with Gasteiger partial charge in [0.15, 0.2) is 11.6 Å². The topological polar surface area (TPSA) is 104 Å². The van der Waals surface area contributed by atoms with Crippen molar-refractivity contribution in [3.05, 3.63) is 130 Å². The molecule has 2 N–H and O–H groups in total. The maximum Gasteiger partial charge on any atom is 0.195 e. The van der Waals surface area contributed by atoms with Gasteiger partial charge in [-0.1, -0.05) is 67.4 Å². The lowest BCUT2D eigenvalue weighted by atomic mass is 9.67. The number of nitrogens with zero attached hydrogens (tertiary/aromatic N) is 2. The fourth-order valence-corrected chi connectivity index (χ4v) is 13.8. The largest absolute Gasteiger partial charge is 0.375 e. The molecule has 2 saturated carbocycles. The van der Waals surface area contributed by atoms with E-state index in [1.165, 1.54) is 46.5 Å². The van der Waals surface area contributed by atoms with E-state index in [2.05, 4.69) is 77.4 Å². The summed E-state index contributed by atoms with van der Waals surface area (Å²) >= 11 is 0. The highest BCUT2D eigenvalue weighted by molar-refractivity contribution is 5.98. The average molecular weight is 851 g/mol. The Morgan fingerprint density at radius 1 is 0.603 bits per heavy atom. The Morgan fingerprint density at radius 2 is 1.25 bits per heavy atom. The number of fused-ring (bicyclic) bond motifs is 3. The van der Waals surface area contributed by atoms with Crippen LogP contribution >= 0.6 is 0 Å². The van der Waals surface area contributed by atoms with Crippen molar-refractivity contribution in [1.29, 1.82) is 0 Å². The quantitative estimate of drug-likeness (QED) is 0.153. The number of Topliss-reactive ketones (excluding diaryl/α,β-unsaturated/α-hetero) is 1. The van der Waals surface area contributed by atoms with Gasteiger partial charge in [0.05, 0.1) is 24.4 Å². The lowest BCUT2D eigenvalue weighted by molar-refractivity contribution is -0.177. The minimum Gasteiger partial charge on any atom is -0.375 e. The Hall–Kier alpha value is -3.83. The molecule has 332 valence electrons. The molecule has 0 amide bonds. The van der Waals surface area contributed by atoms with Crippen molar-refractivity contribution < 1.29 is 23.7 Å². The first-order valence-electron chi connectivity index (χ1n) is 24.5. The van der Waals surface area contributed by atoms with Crippen LogP contribution in [0.5, 0.6) is 0 Å². The van der Waals surface area contributed by atoms with Crippen LogP contribution in [-0.2, 0) is 35.6 Å². The van der Waals surface area contributed by atoms with Crippen LogP contribution in [0.2, 0.25) is 0 Å². The predicted molar refractivity (Wildman–Crippen MR) is 243 cm³/mol. The highest BCUT2D eigenvalue weighted by Crippen LogP contribution is 2.55. The van der Waals surface area contributed by atoms with Gasteiger partial charge in [0.1, 0.15) is 0 Å². The minimum absolute atomic E-state index is 0.00365. The number of carbonyl (C=O) groups is 1. The zero-order valence-corrected chi connectivity index (χ0v) is 37.1. The van der Waals surface area contributed by atoms with E-state index < -0.39 is 5.79 Å². The summed E-state index contributed by atoms with van der Waals surface area (Å²) in [6, 6.07) is 28.8. The number of ketones is 1. The molecular formula is C54H66N4O5. The summed E-state index contributed by atoms with van der Waals surface area (Å²) in [7, 11) is 0. The zero-order chi connectivity index (χ0) is 42.4. The van der Waals surface area contributed by atoms with Crippen molar-refractivity contribution in [3.8, 4) is 0 Å². The number of hydrogen-bond donors (Lipinski definition) is 2. The second-order valence-corrected chi connectivity index (χ2v) is 20.5. The summed E-state index contributed by atoms with van der Waals surface area (Å²) in [6.07, 6.45) is 21.2. The molecule has 4 aliphatic carbocycles. The van der Waals surface area contributed by atoms with Crippen LogP contribution in [0.1, 0.15) is 171 Å². The van der Waals surface area contributed by atoms with E-state index in [9.17, 15) is 4.79 Å². The second-order valence-electron chi connectivity index (χ2n) is 20.5. The van der Waals surface area contributed by atoms with Gasteiger partial charge >= 0.3 is 0 Å². The molecule has 7 aliphatic rings. The average Bonchev–Trinajstić information content (AvgIpc) is 4.10. The van der Waals surface area contributed by atoms with Crippen molar-refractivity contribution in [2.45, 2.75) is 155 Å². The summed E-state index contributed by atoms with van der Waals surface area (Å²) in [4.78, 5) is 23.4. The molecule has 9 nitrogen and oxygen atoms in total. The maximum absolute atomic E-state index is 13.4. The van der Waals surface area contributed by atoms with E-state index >= 15 is 0 Å². The fourth-order valence-electron chi connectivity index (χ4n) is 13.8. The van der Waals surface area contributed by atoms with Gasteiger partial charge in [-0.05, 0) is 143 Å². The molecular weight excluding hydrogens is 785 g/mol. The van der Waals surface area contributed by atoms with Crippen LogP contribution in [0.25, 0.3) is 0 Å². The molecule has 2 aromatic heterocycles. The normalized spacial score (nSPS) is 32.0. The molecule has 0 bridgehead atoms. The monoisotopic (exact) mass is 851 g/mol. The van der Waals surface area contributed by atoms with Crippen LogP contribution in [0, 0.1) is 0 Å². The Bertz CT molecular complexity index is 2240. The molecule has 6 atom stereocenters. The van der Waals surface area contributed by atoms with E-state index in [1.807, 2.05) is 24.5 Å². The Kier molecular flexibility index (Phi) is 11.4. The number of rotatable bonds is 11. The van der Waals surface area contributed by atoms with Gasteiger partial charge < -0.3 is 29.6 Å². The van der Waals surface area contributed by atoms with Gasteiger partial charge in [0, 0.05) is 83.9 Å². The van der Waals surface area contributed by atoms with E-state index in [1.54, 1.807) is 0 Å². The summed E-state index contributed by atoms with van der Waals surface area (Å²) in [5.41, 5.74) is 8.04. The Morgan fingerprint density at radius 3 is 1.95 bits per heavy atom. The van der Waals surface area contributed by atoms with Crippen LogP contribution in [0.3, 0.4) is 0 Å². The van der Waals surface area contributed by atoms with E-state index in [0.717, 1.165) is 122 Å². The predicted octanol–water partition coefficient (Wildman–Crippen LogP) is 10.0. The van der Waals surface area contributed by atoms with Crippen molar-refractivity contribution in [1.82, 2.24) is 20.6 Å². The molecule has 3 aliphatic heterocycles. The first-order chi connectivity index (χ1) is 30.9. The number of aromatic nitrogens is 2. The lowest BCUT2D eigenvalue weighted by Gasteiger charge is -2.47. The smallest absolute Gasteiger partial charge is 0.195 e. The molecule has 0 radical (unpaired) electrons. The summed E-state index contributed by atoms with van der Waals surface area (Å²) in [5.74, 6) is 0.0683. The third-order valence-electron chi connectivity index (χ3n) is 16.9. The van der Waals surface area contributed by atoms with E-state index in [0.29, 0.717) is 25.6 Å². The summed E-state index contributed by atoms with van der Waals surface area (Å²) in [6.45, 7) is 4.63. The number of ether oxygens (including phenoxy) is 4. The molecule has 3 spiro atoms. The molecule has 5 heterocycles. The molecule has 11 rings (SSSR count). The number of pyridine rings is 2. The number of nitrogens with one attached hydrogen (secondary N) is 2. The number of hydrogen-bond acceptors (Lipinski definition) is 9. The SMILES string of the molecule is O=C1CC[C@H](NCC[C@@]2(c3ccccn3)CCOC3(CCCC3)C2)c2cc(C3CCC4(C3)C[C@](CCN[C@H]3CCC5(OCCO5)c5ccccc53)(c3ccccn3)CCO4)ccc21. The zero-order valence-electron chi connectivity index (χ0n) is 37.1. The summed E-state index contributed by atoms with van der Waals surface area (Å²) in [5, 5.41) is 8.02. The fraction of sp³-hybridized carbons (Fsp3) is 0.574. The minimum atomic E-state index is -0.589. The second kappa shape index (κ2) is 17.2. The number of benzene rings is 2. The van der Waals surface area contributed by atoms with Gasteiger partial charge in [-0.2, -0.15) is 0 Å². The van der Waals surface area contributed by atoms with Gasteiger partial charge in [-0.25, -0.2) is 0 Å². The molecule has 5 fully saturated rings. The van der Waals surface area contributed by atoms with Crippen LogP contribution < -0.4 is 10.6 Å². The molecule has 2 unspecified atom stereocenters.